The van der Waals surface area contributed by atoms with Gasteiger partial charge in [-0.05, 0) is 49.2 Å². The summed E-state index contributed by atoms with van der Waals surface area (Å²) in [5.41, 5.74) is 2.33. The maximum atomic E-state index is 6.27. The van der Waals surface area contributed by atoms with Crippen LogP contribution in [0.5, 0.6) is 11.5 Å². The van der Waals surface area contributed by atoms with Crippen LogP contribution in [0.3, 0.4) is 0 Å². The molecule has 35 heavy (non-hydrogen) atoms. The van der Waals surface area contributed by atoms with E-state index in [1.54, 1.807) is 0 Å². The second-order valence-electron chi connectivity index (χ2n) is 8.45. The highest BCUT2D eigenvalue weighted by Crippen LogP contribution is 2.25. The molecule has 0 bridgehead atoms. The van der Waals surface area contributed by atoms with E-state index < -0.39 is 0 Å². The molecule has 190 valence electrons. The summed E-state index contributed by atoms with van der Waals surface area (Å²) in [4.78, 5) is 5.06. The minimum atomic E-state index is 0. The molecule has 3 aromatic rings. The molecule has 0 saturated carbocycles. The molecule has 0 N–H and O–H groups in total. The first-order chi connectivity index (χ1) is 16.3. The van der Waals surface area contributed by atoms with Crippen molar-refractivity contribution in [3.8, 4) is 11.5 Å². The SMILES string of the molecule is Cl.Cl.Clc1ccccc1CCCN1CCN(CCOCc2ccccc2Oc2ccccc2)CC1. The highest BCUT2D eigenvalue weighted by atomic mass is 35.5. The minimum Gasteiger partial charge on any atom is -0.457 e. The summed E-state index contributed by atoms with van der Waals surface area (Å²) in [6.07, 6.45) is 2.19. The number of piperazine rings is 1. The average Bonchev–Trinajstić information content (AvgIpc) is 2.85. The molecule has 1 heterocycles. The molecule has 0 aliphatic carbocycles. The zero-order valence-electron chi connectivity index (χ0n) is 20.0. The maximum absolute atomic E-state index is 6.27. The van der Waals surface area contributed by atoms with Gasteiger partial charge in [-0.2, -0.15) is 0 Å². The molecule has 1 saturated heterocycles. The van der Waals surface area contributed by atoms with Crippen molar-refractivity contribution in [2.24, 2.45) is 0 Å². The van der Waals surface area contributed by atoms with Crippen molar-refractivity contribution < 1.29 is 9.47 Å². The molecule has 0 atom stereocenters. The fourth-order valence-electron chi connectivity index (χ4n) is 4.14. The van der Waals surface area contributed by atoms with Crippen molar-refractivity contribution in [3.05, 3.63) is 95.0 Å². The van der Waals surface area contributed by atoms with Gasteiger partial charge in [-0.15, -0.1) is 24.8 Å². The maximum Gasteiger partial charge on any atom is 0.132 e. The van der Waals surface area contributed by atoms with E-state index in [0.717, 1.165) is 80.8 Å². The Kier molecular flexibility index (Phi) is 13.5. The standard InChI is InChI=1S/C28H33ClN2O2.2ClH/c29-27-14-6-4-9-24(27)11-8-16-30-17-19-31(20-18-30)21-22-32-23-25-10-5-7-15-28(25)33-26-12-2-1-3-13-26;;/h1-7,9-10,12-15H,8,11,16-23H2;2*1H. The van der Waals surface area contributed by atoms with E-state index in [1.165, 1.54) is 5.56 Å². The zero-order valence-corrected chi connectivity index (χ0v) is 22.4. The summed E-state index contributed by atoms with van der Waals surface area (Å²) >= 11 is 6.27. The van der Waals surface area contributed by atoms with Crippen LogP contribution in [0.2, 0.25) is 5.02 Å². The van der Waals surface area contributed by atoms with Gasteiger partial charge in [-0.1, -0.05) is 66.2 Å². The Labute approximate surface area is 227 Å². The molecule has 3 aromatic carbocycles. The van der Waals surface area contributed by atoms with Crippen molar-refractivity contribution >= 4 is 36.4 Å². The van der Waals surface area contributed by atoms with Gasteiger partial charge in [0.15, 0.2) is 0 Å². The molecular formula is C28H35Cl3N2O2. The van der Waals surface area contributed by atoms with Gasteiger partial charge >= 0.3 is 0 Å². The van der Waals surface area contributed by atoms with Crippen LogP contribution in [0.4, 0.5) is 0 Å². The van der Waals surface area contributed by atoms with Gasteiger partial charge in [0.1, 0.15) is 11.5 Å². The molecule has 0 unspecified atom stereocenters. The molecule has 0 radical (unpaired) electrons. The quantitative estimate of drug-likeness (QED) is 0.253. The van der Waals surface area contributed by atoms with E-state index in [9.17, 15) is 0 Å². The molecule has 4 rings (SSSR count). The first-order valence-electron chi connectivity index (χ1n) is 11.8. The molecule has 0 spiro atoms. The first kappa shape index (κ1) is 29.4. The van der Waals surface area contributed by atoms with E-state index >= 15 is 0 Å². The van der Waals surface area contributed by atoms with E-state index in [0.29, 0.717) is 6.61 Å². The third kappa shape index (κ3) is 9.64. The fourth-order valence-corrected chi connectivity index (χ4v) is 4.37. The molecule has 4 nitrogen and oxygen atoms in total. The topological polar surface area (TPSA) is 24.9 Å². The zero-order chi connectivity index (χ0) is 22.7. The number of ether oxygens (including phenoxy) is 2. The van der Waals surface area contributed by atoms with Crippen molar-refractivity contribution in [1.29, 1.82) is 0 Å². The number of rotatable bonds is 11. The van der Waals surface area contributed by atoms with Gasteiger partial charge in [0.05, 0.1) is 13.2 Å². The minimum absolute atomic E-state index is 0. The Morgan fingerprint density at radius 3 is 2.00 bits per heavy atom. The van der Waals surface area contributed by atoms with Gasteiger partial charge in [-0.3, -0.25) is 4.90 Å². The Balaban J connectivity index is 0.00000216. The Morgan fingerprint density at radius 2 is 1.29 bits per heavy atom. The number of para-hydroxylation sites is 2. The molecule has 1 aliphatic heterocycles. The van der Waals surface area contributed by atoms with Crippen LogP contribution in [0.25, 0.3) is 0 Å². The molecule has 0 aromatic heterocycles. The number of halogens is 3. The number of nitrogens with zero attached hydrogens (tertiary/aromatic N) is 2. The van der Waals surface area contributed by atoms with Crippen LogP contribution in [0.15, 0.2) is 78.9 Å². The van der Waals surface area contributed by atoms with E-state index in [4.69, 9.17) is 21.1 Å². The second-order valence-corrected chi connectivity index (χ2v) is 8.86. The Bertz CT molecular complexity index is 983. The highest BCUT2D eigenvalue weighted by molar-refractivity contribution is 6.31. The number of aryl methyl sites for hydroxylation is 1. The molecular weight excluding hydrogens is 503 g/mol. The molecule has 1 fully saturated rings. The lowest BCUT2D eigenvalue weighted by Gasteiger charge is -2.34. The van der Waals surface area contributed by atoms with Crippen molar-refractivity contribution in [1.82, 2.24) is 9.80 Å². The summed E-state index contributed by atoms with van der Waals surface area (Å²) in [7, 11) is 0. The van der Waals surface area contributed by atoms with Crippen LogP contribution in [-0.4, -0.2) is 55.7 Å². The van der Waals surface area contributed by atoms with Crippen LogP contribution in [-0.2, 0) is 17.8 Å². The first-order valence-corrected chi connectivity index (χ1v) is 12.2. The van der Waals surface area contributed by atoms with Gasteiger partial charge in [0, 0.05) is 43.3 Å². The number of benzene rings is 3. The van der Waals surface area contributed by atoms with Crippen molar-refractivity contribution in [2.45, 2.75) is 19.4 Å². The molecule has 0 amide bonds. The molecule has 7 heteroatoms. The predicted octanol–water partition coefficient (Wildman–Crippen LogP) is 6.74. The summed E-state index contributed by atoms with van der Waals surface area (Å²) in [5.74, 6) is 1.70. The van der Waals surface area contributed by atoms with Crippen LogP contribution in [0.1, 0.15) is 17.5 Å². The van der Waals surface area contributed by atoms with Gasteiger partial charge in [-0.25, -0.2) is 0 Å². The monoisotopic (exact) mass is 536 g/mol. The van der Waals surface area contributed by atoms with Gasteiger partial charge in [0.25, 0.3) is 0 Å². The van der Waals surface area contributed by atoms with Crippen LogP contribution >= 0.6 is 36.4 Å². The van der Waals surface area contributed by atoms with E-state index in [2.05, 4.69) is 28.0 Å². The highest BCUT2D eigenvalue weighted by Gasteiger charge is 2.16. The predicted molar refractivity (Wildman–Crippen MR) is 150 cm³/mol. The second kappa shape index (κ2) is 16.1. The largest absolute Gasteiger partial charge is 0.457 e. The Morgan fingerprint density at radius 1 is 0.686 bits per heavy atom. The third-order valence-electron chi connectivity index (χ3n) is 6.10. The van der Waals surface area contributed by atoms with E-state index in [1.807, 2.05) is 60.7 Å². The van der Waals surface area contributed by atoms with Crippen molar-refractivity contribution in [2.75, 3.05) is 45.9 Å². The summed E-state index contributed by atoms with van der Waals surface area (Å²) in [5, 5.41) is 0.886. The summed E-state index contributed by atoms with van der Waals surface area (Å²) in [6, 6.07) is 26.1. The smallest absolute Gasteiger partial charge is 0.132 e. The lowest BCUT2D eigenvalue weighted by atomic mass is 10.1. The lowest BCUT2D eigenvalue weighted by Crippen LogP contribution is -2.47. The Hall–Kier alpha value is -1.79. The van der Waals surface area contributed by atoms with Gasteiger partial charge in [0.2, 0.25) is 0 Å². The summed E-state index contributed by atoms with van der Waals surface area (Å²) < 4.78 is 12.0. The van der Waals surface area contributed by atoms with Crippen LogP contribution < -0.4 is 4.74 Å². The van der Waals surface area contributed by atoms with Crippen LogP contribution in [0, 0.1) is 0 Å². The van der Waals surface area contributed by atoms with E-state index in [-0.39, 0.29) is 24.8 Å². The number of hydrogen-bond donors (Lipinski definition) is 0. The normalized spacial score (nSPS) is 14.1. The fraction of sp³-hybridized carbons (Fsp3) is 0.357. The van der Waals surface area contributed by atoms with Crippen molar-refractivity contribution in [3.63, 3.8) is 0 Å². The average molecular weight is 538 g/mol. The number of hydrogen-bond acceptors (Lipinski definition) is 4. The lowest BCUT2D eigenvalue weighted by molar-refractivity contribution is 0.0676. The van der Waals surface area contributed by atoms with Gasteiger partial charge < -0.3 is 14.4 Å². The summed E-state index contributed by atoms with van der Waals surface area (Å²) in [6.45, 7) is 7.83. The molecule has 1 aliphatic rings. The third-order valence-corrected chi connectivity index (χ3v) is 6.46.